The second kappa shape index (κ2) is 11.2. The summed E-state index contributed by atoms with van der Waals surface area (Å²) in [6.07, 6.45) is 1.06. The van der Waals surface area contributed by atoms with Crippen LogP contribution in [0.4, 0.5) is 0 Å². The summed E-state index contributed by atoms with van der Waals surface area (Å²) < 4.78 is 7.47. The fourth-order valence-electron chi connectivity index (χ4n) is 3.62. The van der Waals surface area contributed by atoms with Crippen LogP contribution < -0.4 is 10.1 Å². The van der Waals surface area contributed by atoms with Crippen LogP contribution >= 0.6 is 11.8 Å². The Labute approximate surface area is 194 Å². The molecule has 3 aromatic rings. The maximum absolute atomic E-state index is 12.6. The van der Waals surface area contributed by atoms with Gasteiger partial charge >= 0.3 is 0 Å². The summed E-state index contributed by atoms with van der Waals surface area (Å²) in [4.78, 5) is 12.6. The van der Waals surface area contributed by atoms with Gasteiger partial charge in [0.2, 0.25) is 5.91 Å². The molecule has 1 atom stereocenters. The Morgan fingerprint density at radius 3 is 2.47 bits per heavy atom. The Kier molecular flexibility index (Phi) is 8.33. The Bertz CT molecular complexity index is 1030. The molecule has 6 nitrogen and oxygen atoms in total. The van der Waals surface area contributed by atoms with Gasteiger partial charge in [0.05, 0.1) is 24.5 Å². The molecule has 170 valence electrons. The molecule has 0 aliphatic heterocycles. The first-order valence-corrected chi connectivity index (χ1v) is 12.0. The predicted octanol–water partition coefficient (Wildman–Crippen LogP) is 5.14. The van der Waals surface area contributed by atoms with Gasteiger partial charge < -0.3 is 14.6 Å². The number of ether oxygens (including phenoxy) is 1. The number of hydrogen-bond donors (Lipinski definition) is 1. The highest BCUT2D eigenvalue weighted by Gasteiger charge is 2.18. The van der Waals surface area contributed by atoms with Crippen molar-refractivity contribution in [2.45, 2.75) is 51.9 Å². The summed E-state index contributed by atoms with van der Waals surface area (Å²) in [5, 5.41) is 12.5. The maximum atomic E-state index is 12.6. The van der Waals surface area contributed by atoms with Gasteiger partial charge in [-0.25, -0.2) is 0 Å². The molecule has 0 aliphatic carbocycles. The molecule has 2 aromatic carbocycles. The zero-order valence-electron chi connectivity index (χ0n) is 19.5. The van der Waals surface area contributed by atoms with E-state index in [1.54, 1.807) is 7.11 Å². The van der Waals surface area contributed by atoms with Crippen molar-refractivity contribution in [3.63, 3.8) is 0 Å². The van der Waals surface area contributed by atoms with E-state index in [9.17, 15) is 4.79 Å². The second-order valence-corrected chi connectivity index (χ2v) is 9.11. The van der Waals surface area contributed by atoms with E-state index in [1.165, 1.54) is 17.3 Å². The van der Waals surface area contributed by atoms with Crippen molar-refractivity contribution >= 4 is 17.7 Å². The molecule has 32 heavy (non-hydrogen) atoms. The summed E-state index contributed by atoms with van der Waals surface area (Å²) in [5.41, 5.74) is 3.31. The lowest BCUT2D eigenvalue weighted by atomic mass is 10.00. The minimum Gasteiger partial charge on any atom is -0.496 e. The van der Waals surface area contributed by atoms with Crippen molar-refractivity contribution in [2.24, 2.45) is 5.92 Å². The predicted molar refractivity (Wildman–Crippen MR) is 130 cm³/mol. The van der Waals surface area contributed by atoms with Gasteiger partial charge in [-0.1, -0.05) is 62.0 Å². The highest BCUT2D eigenvalue weighted by atomic mass is 32.2. The van der Waals surface area contributed by atoms with Gasteiger partial charge in [0.1, 0.15) is 5.75 Å². The number of para-hydroxylation sites is 1. The van der Waals surface area contributed by atoms with Gasteiger partial charge in [-0.3, -0.25) is 4.79 Å². The molecule has 0 spiro atoms. The molecule has 1 unspecified atom stereocenters. The van der Waals surface area contributed by atoms with Gasteiger partial charge in [-0.2, -0.15) is 0 Å². The van der Waals surface area contributed by atoms with Crippen LogP contribution in [0.2, 0.25) is 0 Å². The molecule has 1 N–H and O–H groups in total. The Balaban J connectivity index is 1.62. The monoisotopic (exact) mass is 452 g/mol. The van der Waals surface area contributed by atoms with Crippen LogP contribution in [0, 0.1) is 5.92 Å². The number of benzene rings is 2. The van der Waals surface area contributed by atoms with Crippen LogP contribution in [0.25, 0.3) is 11.4 Å². The van der Waals surface area contributed by atoms with Crippen LogP contribution in [0.15, 0.2) is 53.7 Å². The number of nitrogens with one attached hydrogen (secondary N) is 1. The molecular weight excluding hydrogens is 420 g/mol. The number of hydrogen-bond acceptors (Lipinski definition) is 5. The van der Waals surface area contributed by atoms with Gasteiger partial charge in [-0.05, 0) is 49.4 Å². The molecule has 7 heteroatoms. The first-order valence-electron chi connectivity index (χ1n) is 11.0. The molecule has 0 fully saturated rings. The van der Waals surface area contributed by atoms with E-state index in [0.29, 0.717) is 17.6 Å². The average molecular weight is 453 g/mol. The van der Waals surface area contributed by atoms with Crippen LogP contribution in [0.5, 0.6) is 5.75 Å². The fraction of sp³-hybridized carbons (Fsp3) is 0.400. The van der Waals surface area contributed by atoms with Crippen LogP contribution in [-0.2, 0) is 17.8 Å². The largest absolute Gasteiger partial charge is 0.496 e. The molecule has 0 radical (unpaired) electrons. The van der Waals surface area contributed by atoms with Crippen LogP contribution in [0.3, 0.4) is 0 Å². The van der Waals surface area contributed by atoms with E-state index in [4.69, 9.17) is 4.74 Å². The summed E-state index contributed by atoms with van der Waals surface area (Å²) in [5.74, 6) is 2.36. The Morgan fingerprint density at radius 2 is 1.81 bits per heavy atom. The molecule has 0 saturated carbocycles. The number of nitrogens with zero attached hydrogens (tertiary/aromatic N) is 3. The van der Waals surface area contributed by atoms with Crippen molar-refractivity contribution in [1.29, 1.82) is 0 Å². The molecular formula is C25H32N4O2S. The number of amides is 1. The fourth-order valence-corrected chi connectivity index (χ4v) is 4.43. The van der Waals surface area contributed by atoms with E-state index in [2.05, 4.69) is 53.6 Å². The average Bonchev–Trinajstić information content (AvgIpc) is 3.20. The first-order chi connectivity index (χ1) is 15.4. The maximum Gasteiger partial charge on any atom is 0.230 e. The Hall–Kier alpha value is -2.80. The number of thioether (sulfide) groups is 1. The lowest BCUT2D eigenvalue weighted by Crippen LogP contribution is -2.28. The lowest BCUT2D eigenvalue weighted by Gasteiger charge is -2.15. The van der Waals surface area contributed by atoms with Gasteiger partial charge in [-0.15, -0.1) is 10.2 Å². The van der Waals surface area contributed by atoms with E-state index in [-0.39, 0.29) is 17.7 Å². The topological polar surface area (TPSA) is 69.0 Å². The van der Waals surface area contributed by atoms with E-state index < -0.39 is 0 Å². The zero-order valence-corrected chi connectivity index (χ0v) is 20.3. The van der Waals surface area contributed by atoms with Crippen LogP contribution in [-0.4, -0.2) is 33.5 Å². The summed E-state index contributed by atoms with van der Waals surface area (Å²) in [6, 6.07) is 16.2. The van der Waals surface area contributed by atoms with Crippen molar-refractivity contribution in [3.05, 3.63) is 59.7 Å². The van der Waals surface area contributed by atoms with E-state index >= 15 is 0 Å². The van der Waals surface area contributed by atoms with Crippen molar-refractivity contribution in [2.75, 3.05) is 12.9 Å². The third-order valence-corrected chi connectivity index (χ3v) is 6.18. The second-order valence-electron chi connectivity index (χ2n) is 8.17. The smallest absolute Gasteiger partial charge is 0.230 e. The van der Waals surface area contributed by atoms with E-state index in [1.807, 2.05) is 42.7 Å². The standard InChI is InChI=1S/C25H32N4O2S/c1-6-29-24(21-9-7-8-10-22(21)31-5)27-28-25(29)32-16-23(30)26-18(4)20-13-11-19(12-14-20)15-17(2)3/h7-14,17-18H,6,15-16H2,1-5H3,(H,26,30). The van der Waals surface area contributed by atoms with Crippen molar-refractivity contribution < 1.29 is 9.53 Å². The third kappa shape index (κ3) is 5.91. The number of methoxy groups -OCH3 is 1. The van der Waals surface area contributed by atoms with Crippen molar-refractivity contribution in [1.82, 2.24) is 20.1 Å². The van der Waals surface area contributed by atoms with Gasteiger partial charge in [0, 0.05) is 6.54 Å². The first kappa shape index (κ1) is 23.9. The number of aromatic nitrogens is 3. The highest BCUT2D eigenvalue weighted by molar-refractivity contribution is 7.99. The Morgan fingerprint density at radius 1 is 1.09 bits per heavy atom. The quantitative estimate of drug-likeness (QED) is 0.431. The number of carbonyl (C=O) groups is 1. The highest BCUT2D eigenvalue weighted by Crippen LogP contribution is 2.30. The van der Waals surface area contributed by atoms with E-state index in [0.717, 1.165) is 29.1 Å². The molecule has 1 heterocycles. The van der Waals surface area contributed by atoms with Crippen LogP contribution in [0.1, 0.15) is 44.9 Å². The lowest BCUT2D eigenvalue weighted by molar-refractivity contribution is -0.119. The normalized spacial score (nSPS) is 12.1. The molecule has 3 rings (SSSR count). The van der Waals surface area contributed by atoms with Crippen molar-refractivity contribution in [3.8, 4) is 17.1 Å². The molecule has 0 bridgehead atoms. The molecule has 0 aliphatic rings. The zero-order chi connectivity index (χ0) is 23.1. The third-order valence-electron chi connectivity index (χ3n) is 5.21. The van der Waals surface area contributed by atoms with Gasteiger partial charge in [0.15, 0.2) is 11.0 Å². The molecule has 1 amide bonds. The SMILES string of the molecule is CCn1c(SCC(=O)NC(C)c2ccc(CC(C)C)cc2)nnc1-c1ccccc1OC. The number of carbonyl (C=O) groups excluding carboxylic acids is 1. The summed E-state index contributed by atoms with van der Waals surface area (Å²) in [6.45, 7) is 9.18. The summed E-state index contributed by atoms with van der Waals surface area (Å²) >= 11 is 1.39. The minimum absolute atomic E-state index is 0.0294. The molecule has 0 saturated heterocycles. The molecule has 1 aromatic heterocycles. The van der Waals surface area contributed by atoms with Gasteiger partial charge in [0.25, 0.3) is 0 Å². The summed E-state index contributed by atoms with van der Waals surface area (Å²) in [7, 11) is 1.64. The number of rotatable bonds is 10. The minimum atomic E-state index is -0.0515.